The summed E-state index contributed by atoms with van der Waals surface area (Å²) in [6.07, 6.45) is 1.53. The molecule has 0 spiro atoms. The third kappa shape index (κ3) is 3.02. The first-order valence-electron chi connectivity index (χ1n) is 6.13. The molecule has 0 radical (unpaired) electrons. The van der Waals surface area contributed by atoms with Crippen LogP contribution in [0.25, 0.3) is 0 Å². The lowest BCUT2D eigenvalue weighted by molar-refractivity contribution is 0.348. The van der Waals surface area contributed by atoms with Crippen molar-refractivity contribution in [1.82, 2.24) is 15.3 Å². The molecule has 0 aromatic carbocycles. The molecule has 108 valence electrons. The smallest absolute Gasteiger partial charge is 0.240 e. The molecule has 0 amide bonds. The van der Waals surface area contributed by atoms with Gasteiger partial charge in [-0.3, -0.25) is 0 Å². The highest BCUT2D eigenvalue weighted by Gasteiger charge is 2.23. The first-order chi connectivity index (χ1) is 9.69. The molecule has 1 N–H and O–H groups in total. The van der Waals surface area contributed by atoms with E-state index in [4.69, 9.17) is 25.5 Å². The molecule has 7 heteroatoms. The zero-order valence-corrected chi connectivity index (χ0v) is 12.3. The third-order valence-electron chi connectivity index (χ3n) is 2.71. The molecule has 0 aliphatic heterocycles. The van der Waals surface area contributed by atoms with E-state index in [1.165, 1.54) is 20.4 Å². The van der Waals surface area contributed by atoms with Crippen molar-refractivity contribution in [3.05, 3.63) is 35.0 Å². The molecule has 2 aromatic heterocycles. The Morgan fingerprint density at radius 3 is 2.70 bits per heavy atom. The Labute approximate surface area is 122 Å². The summed E-state index contributed by atoms with van der Waals surface area (Å²) in [4.78, 5) is 8.57. The first-order valence-corrected chi connectivity index (χ1v) is 6.51. The predicted molar refractivity (Wildman–Crippen MR) is 74.4 cm³/mol. The molecule has 0 saturated carbocycles. The van der Waals surface area contributed by atoms with Crippen LogP contribution in [-0.2, 0) is 0 Å². The summed E-state index contributed by atoms with van der Waals surface area (Å²) in [5.74, 6) is 1.41. The van der Waals surface area contributed by atoms with Crippen LogP contribution in [0.1, 0.15) is 24.4 Å². The van der Waals surface area contributed by atoms with Gasteiger partial charge in [0.05, 0.1) is 20.4 Å². The minimum absolute atomic E-state index is 0.291. The summed E-state index contributed by atoms with van der Waals surface area (Å²) in [5.41, 5.74) is 0.612. The number of halogens is 1. The van der Waals surface area contributed by atoms with Gasteiger partial charge in [-0.05, 0) is 30.3 Å². The number of hydrogen-bond acceptors (Lipinski definition) is 6. The van der Waals surface area contributed by atoms with Crippen molar-refractivity contribution >= 4 is 11.6 Å². The standard InChI is InChI=1S/C13H16ClN3O3/c1-4-15-11(8-5-6-9(14)20-8)12-13(19-3)17-10(18-2)7-16-12/h5-7,11,15H,4H2,1-3H3. The van der Waals surface area contributed by atoms with Gasteiger partial charge in [0, 0.05) is 0 Å². The quantitative estimate of drug-likeness (QED) is 0.883. The van der Waals surface area contributed by atoms with Gasteiger partial charge in [-0.15, -0.1) is 0 Å². The monoisotopic (exact) mass is 297 g/mol. The minimum atomic E-state index is -0.291. The summed E-state index contributed by atoms with van der Waals surface area (Å²) in [5, 5.41) is 3.59. The molecule has 0 fully saturated rings. The Balaban J connectivity index is 2.43. The number of nitrogens with zero attached hydrogens (tertiary/aromatic N) is 2. The Morgan fingerprint density at radius 2 is 2.15 bits per heavy atom. The van der Waals surface area contributed by atoms with Gasteiger partial charge in [0.2, 0.25) is 11.8 Å². The average molecular weight is 298 g/mol. The fourth-order valence-corrected chi connectivity index (χ4v) is 1.98. The Hall–Kier alpha value is -1.79. The second-order valence-corrected chi connectivity index (χ2v) is 4.31. The Morgan fingerprint density at radius 1 is 1.35 bits per heavy atom. The number of hydrogen-bond donors (Lipinski definition) is 1. The van der Waals surface area contributed by atoms with Gasteiger partial charge in [0.25, 0.3) is 0 Å². The summed E-state index contributed by atoms with van der Waals surface area (Å²) in [7, 11) is 3.06. The number of nitrogens with one attached hydrogen (secondary N) is 1. The van der Waals surface area contributed by atoms with E-state index in [-0.39, 0.29) is 6.04 Å². The molecule has 20 heavy (non-hydrogen) atoms. The van der Waals surface area contributed by atoms with Crippen molar-refractivity contribution < 1.29 is 13.9 Å². The number of ether oxygens (including phenoxy) is 2. The topological polar surface area (TPSA) is 69.4 Å². The van der Waals surface area contributed by atoms with Crippen molar-refractivity contribution in [2.75, 3.05) is 20.8 Å². The van der Waals surface area contributed by atoms with Gasteiger partial charge in [-0.1, -0.05) is 6.92 Å². The Bertz CT molecular complexity index is 574. The zero-order valence-electron chi connectivity index (χ0n) is 11.5. The van der Waals surface area contributed by atoms with Gasteiger partial charge in [-0.2, -0.15) is 4.98 Å². The van der Waals surface area contributed by atoms with E-state index in [0.717, 1.165) is 6.54 Å². The maximum absolute atomic E-state index is 5.83. The molecule has 6 nitrogen and oxygen atoms in total. The lowest BCUT2D eigenvalue weighted by Gasteiger charge is -2.17. The minimum Gasteiger partial charge on any atom is -0.480 e. The van der Waals surface area contributed by atoms with Crippen LogP contribution >= 0.6 is 11.6 Å². The van der Waals surface area contributed by atoms with Crippen molar-refractivity contribution in [3.8, 4) is 11.8 Å². The SMILES string of the molecule is CCNC(c1ccc(Cl)o1)c1ncc(OC)nc1OC. The van der Waals surface area contributed by atoms with Crippen LogP contribution in [0.3, 0.4) is 0 Å². The molecule has 1 unspecified atom stereocenters. The number of methoxy groups -OCH3 is 2. The van der Waals surface area contributed by atoms with E-state index in [1.807, 2.05) is 6.92 Å². The maximum Gasteiger partial charge on any atom is 0.240 e. The molecule has 0 aliphatic carbocycles. The second-order valence-electron chi connectivity index (χ2n) is 3.94. The molecule has 1 atom stereocenters. The molecule has 0 saturated heterocycles. The van der Waals surface area contributed by atoms with Gasteiger partial charge < -0.3 is 19.2 Å². The van der Waals surface area contributed by atoms with Crippen molar-refractivity contribution in [2.24, 2.45) is 0 Å². The summed E-state index contributed by atoms with van der Waals surface area (Å²) in [6.45, 7) is 2.71. The fourth-order valence-electron chi connectivity index (χ4n) is 1.83. The van der Waals surface area contributed by atoms with Crippen LogP contribution in [0.4, 0.5) is 0 Å². The molecular weight excluding hydrogens is 282 g/mol. The van der Waals surface area contributed by atoms with E-state index < -0.39 is 0 Å². The summed E-state index contributed by atoms with van der Waals surface area (Å²) < 4.78 is 15.8. The highest BCUT2D eigenvalue weighted by Crippen LogP contribution is 2.30. The molecule has 2 rings (SSSR count). The van der Waals surface area contributed by atoms with E-state index in [1.54, 1.807) is 12.1 Å². The maximum atomic E-state index is 5.83. The normalized spacial score (nSPS) is 12.2. The van der Waals surface area contributed by atoms with Gasteiger partial charge in [-0.25, -0.2) is 4.98 Å². The van der Waals surface area contributed by atoms with Crippen molar-refractivity contribution in [1.29, 1.82) is 0 Å². The molecular formula is C13H16ClN3O3. The molecule has 0 bridgehead atoms. The summed E-state index contributed by atoms with van der Waals surface area (Å²) >= 11 is 5.83. The zero-order chi connectivity index (χ0) is 14.5. The van der Waals surface area contributed by atoms with E-state index in [9.17, 15) is 0 Å². The molecule has 2 heterocycles. The number of aromatic nitrogens is 2. The predicted octanol–water partition coefficient (Wildman–Crippen LogP) is 2.44. The highest BCUT2D eigenvalue weighted by atomic mass is 35.5. The number of rotatable bonds is 6. The van der Waals surface area contributed by atoms with Crippen LogP contribution < -0.4 is 14.8 Å². The van der Waals surface area contributed by atoms with Gasteiger partial charge in [0.15, 0.2) is 5.22 Å². The van der Waals surface area contributed by atoms with Crippen LogP contribution in [0, 0.1) is 0 Å². The van der Waals surface area contributed by atoms with Gasteiger partial charge in [0.1, 0.15) is 17.5 Å². The fraction of sp³-hybridized carbons (Fsp3) is 0.385. The van der Waals surface area contributed by atoms with E-state index in [2.05, 4.69) is 15.3 Å². The van der Waals surface area contributed by atoms with E-state index in [0.29, 0.717) is 28.4 Å². The average Bonchev–Trinajstić information content (AvgIpc) is 2.90. The highest BCUT2D eigenvalue weighted by molar-refractivity contribution is 6.28. The third-order valence-corrected chi connectivity index (χ3v) is 2.91. The van der Waals surface area contributed by atoms with Crippen LogP contribution in [0.5, 0.6) is 11.8 Å². The van der Waals surface area contributed by atoms with Crippen molar-refractivity contribution in [2.45, 2.75) is 13.0 Å². The van der Waals surface area contributed by atoms with E-state index >= 15 is 0 Å². The van der Waals surface area contributed by atoms with Crippen LogP contribution in [-0.4, -0.2) is 30.7 Å². The van der Waals surface area contributed by atoms with Crippen molar-refractivity contribution in [3.63, 3.8) is 0 Å². The first kappa shape index (κ1) is 14.6. The van der Waals surface area contributed by atoms with Crippen LogP contribution in [0.2, 0.25) is 5.22 Å². The Kier molecular flexibility index (Phi) is 4.81. The van der Waals surface area contributed by atoms with Gasteiger partial charge >= 0.3 is 0 Å². The second kappa shape index (κ2) is 6.58. The lowest BCUT2D eigenvalue weighted by atomic mass is 10.1. The molecule has 0 aliphatic rings. The molecule has 2 aromatic rings. The lowest BCUT2D eigenvalue weighted by Crippen LogP contribution is -2.23. The number of furan rings is 1. The summed E-state index contributed by atoms with van der Waals surface area (Å²) in [6, 6.07) is 3.19. The van der Waals surface area contributed by atoms with Crippen LogP contribution in [0.15, 0.2) is 22.7 Å². The largest absolute Gasteiger partial charge is 0.480 e.